The van der Waals surface area contributed by atoms with Gasteiger partial charge in [-0.15, -0.1) is 0 Å². The normalized spacial score (nSPS) is 14.6. The second-order valence-electron chi connectivity index (χ2n) is 3.88. The predicted molar refractivity (Wildman–Crippen MR) is 57.0 cm³/mol. The summed E-state index contributed by atoms with van der Waals surface area (Å²) in [5.41, 5.74) is 0.533. The summed E-state index contributed by atoms with van der Waals surface area (Å²) in [6.07, 6.45) is 2.98. The van der Waals surface area contributed by atoms with Crippen molar-refractivity contribution >= 4 is 17.4 Å². The van der Waals surface area contributed by atoms with E-state index in [1.54, 1.807) is 6.92 Å². The van der Waals surface area contributed by atoms with Crippen molar-refractivity contribution in [1.29, 1.82) is 0 Å². The summed E-state index contributed by atoms with van der Waals surface area (Å²) in [6.45, 7) is 1.68. The zero-order valence-corrected chi connectivity index (χ0v) is 8.77. The molecular formula is C10H11N3O3. The van der Waals surface area contributed by atoms with Gasteiger partial charge >= 0.3 is 0 Å². The zero-order valence-electron chi connectivity index (χ0n) is 8.77. The highest BCUT2D eigenvalue weighted by atomic mass is 16.6. The number of anilines is 1. The Hall–Kier alpha value is -1.98. The molecular weight excluding hydrogens is 210 g/mol. The first-order valence-corrected chi connectivity index (χ1v) is 5.00. The SMILES string of the molecule is Cc1cc([N+](=O)[O-])cnc1NC(=O)C1CC1. The molecule has 6 heteroatoms. The van der Waals surface area contributed by atoms with Crippen molar-refractivity contribution < 1.29 is 9.72 Å². The van der Waals surface area contributed by atoms with Crippen LogP contribution in [-0.2, 0) is 4.79 Å². The van der Waals surface area contributed by atoms with E-state index in [2.05, 4.69) is 10.3 Å². The first kappa shape index (κ1) is 10.5. The molecule has 0 aliphatic heterocycles. The molecule has 1 fully saturated rings. The van der Waals surface area contributed by atoms with E-state index in [0.717, 1.165) is 19.0 Å². The van der Waals surface area contributed by atoms with Gasteiger partial charge in [0.2, 0.25) is 5.91 Å². The molecule has 6 nitrogen and oxygen atoms in total. The van der Waals surface area contributed by atoms with Gasteiger partial charge in [-0.3, -0.25) is 14.9 Å². The fraction of sp³-hybridized carbons (Fsp3) is 0.400. The Morgan fingerprint density at radius 3 is 2.81 bits per heavy atom. The lowest BCUT2D eigenvalue weighted by molar-refractivity contribution is -0.385. The number of pyridine rings is 1. The lowest BCUT2D eigenvalue weighted by Gasteiger charge is -2.05. The average Bonchev–Trinajstić information content (AvgIpc) is 3.03. The van der Waals surface area contributed by atoms with Gasteiger partial charge in [-0.1, -0.05) is 0 Å². The van der Waals surface area contributed by atoms with Crippen molar-refractivity contribution in [3.63, 3.8) is 0 Å². The molecule has 1 heterocycles. The lowest BCUT2D eigenvalue weighted by atomic mass is 10.2. The van der Waals surface area contributed by atoms with Gasteiger partial charge in [-0.25, -0.2) is 4.98 Å². The number of carbonyl (C=O) groups excluding carboxylic acids is 1. The molecule has 0 radical (unpaired) electrons. The number of nitrogens with one attached hydrogen (secondary N) is 1. The average molecular weight is 221 g/mol. The van der Waals surface area contributed by atoms with E-state index >= 15 is 0 Å². The monoisotopic (exact) mass is 221 g/mol. The van der Waals surface area contributed by atoms with Crippen LogP contribution in [0, 0.1) is 23.0 Å². The number of carbonyl (C=O) groups is 1. The number of nitrogens with zero attached hydrogens (tertiary/aromatic N) is 2. The molecule has 0 unspecified atom stereocenters. The molecule has 1 aliphatic rings. The number of aromatic nitrogens is 1. The van der Waals surface area contributed by atoms with E-state index in [4.69, 9.17) is 0 Å². The van der Waals surface area contributed by atoms with Crippen LogP contribution in [0.4, 0.5) is 11.5 Å². The summed E-state index contributed by atoms with van der Waals surface area (Å²) in [5.74, 6) is 0.448. The minimum Gasteiger partial charge on any atom is -0.310 e. The minimum atomic E-state index is -0.507. The Balaban J connectivity index is 2.15. The number of hydrogen-bond acceptors (Lipinski definition) is 4. The summed E-state index contributed by atoms with van der Waals surface area (Å²) < 4.78 is 0. The number of rotatable bonds is 3. The summed E-state index contributed by atoms with van der Waals surface area (Å²) in [7, 11) is 0. The lowest BCUT2D eigenvalue weighted by Crippen LogP contribution is -2.15. The van der Waals surface area contributed by atoms with E-state index in [-0.39, 0.29) is 17.5 Å². The molecule has 0 aromatic carbocycles. The van der Waals surface area contributed by atoms with Crippen LogP contribution in [0.2, 0.25) is 0 Å². The van der Waals surface area contributed by atoms with Crippen molar-refractivity contribution in [3.8, 4) is 0 Å². The second-order valence-corrected chi connectivity index (χ2v) is 3.88. The molecule has 1 N–H and O–H groups in total. The summed E-state index contributed by atoms with van der Waals surface area (Å²) in [4.78, 5) is 25.3. The molecule has 0 saturated heterocycles. The highest BCUT2D eigenvalue weighted by molar-refractivity contribution is 5.93. The maximum absolute atomic E-state index is 11.5. The van der Waals surface area contributed by atoms with Crippen LogP contribution in [0.3, 0.4) is 0 Å². The van der Waals surface area contributed by atoms with E-state index in [1.807, 2.05) is 0 Å². The molecule has 1 aromatic rings. The minimum absolute atomic E-state index is 0.0514. The third kappa shape index (κ3) is 2.16. The Morgan fingerprint density at radius 2 is 2.31 bits per heavy atom. The molecule has 1 amide bonds. The maximum Gasteiger partial charge on any atom is 0.287 e. The van der Waals surface area contributed by atoms with Crippen LogP contribution in [-0.4, -0.2) is 15.8 Å². The summed E-state index contributed by atoms with van der Waals surface area (Å²) >= 11 is 0. The largest absolute Gasteiger partial charge is 0.310 e. The fourth-order valence-corrected chi connectivity index (χ4v) is 1.35. The third-order valence-corrected chi connectivity index (χ3v) is 2.46. The topological polar surface area (TPSA) is 85.1 Å². The quantitative estimate of drug-likeness (QED) is 0.621. The highest BCUT2D eigenvalue weighted by Gasteiger charge is 2.30. The third-order valence-electron chi connectivity index (χ3n) is 2.46. The Bertz CT molecular complexity index is 455. The Kier molecular flexibility index (Phi) is 2.55. The van der Waals surface area contributed by atoms with Crippen molar-refractivity contribution in [1.82, 2.24) is 4.98 Å². The van der Waals surface area contributed by atoms with E-state index in [9.17, 15) is 14.9 Å². The number of aryl methyl sites for hydroxylation is 1. The van der Waals surface area contributed by atoms with Crippen molar-refractivity contribution in [2.24, 2.45) is 5.92 Å². The molecule has 16 heavy (non-hydrogen) atoms. The van der Waals surface area contributed by atoms with Gasteiger partial charge in [0.05, 0.1) is 4.92 Å². The van der Waals surface area contributed by atoms with Crippen LogP contribution in [0.5, 0.6) is 0 Å². The van der Waals surface area contributed by atoms with Crippen LogP contribution >= 0.6 is 0 Å². The van der Waals surface area contributed by atoms with Crippen LogP contribution < -0.4 is 5.32 Å². The van der Waals surface area contributed by atoms with Gasteiger partial charge in [0, 0.05) is 12.0 Å². The van der Waals surface area contributed by atoms with E-state index in [0.29, 0.717) is 11.4 Å². The van der Waals surface area contributed by atoms with E-state index < -0.39 is 4.92 Å². The Labute approximate surface area is 91.8 Å². The maximum atomic E-state index is 11.5. The molecule has 1 aliphatic carbocycles. The zero-order chi connectivity index (χ0) is 11.7. The van der Waals surface area contributed by atoms with Crippen molar-refractivity contribution in [3.05, 3.63) is 27.9 Å². The van der Waals surface area contributed by atoms with Gasteiger partial charge in [-0.05, 0) is 25.3 Å². The number of nitro groups is 1. The van der Waals surface area contributed by atoms with Gasteiger partial charge in [0.25, 0.3) is 5.69 Å². The highest BCUT2D eigenvalue weighted by Crippen LogP contribution is 2.30. The molecule has 0 atom stereocenters. The first-order valence-electron chi connectivity index (χ1n) is 5.00. The van der Waals surface area contributed by atoms with Crippen molar-refractivity contribution in [2.45, 2.75) is 19.8 Å². The molecule has 0 bridgehead atoms. The molecule has 1 saturated carbocycles. The van der Waals surface area contributed by atoms with Crippen LogP contribution in [0.15, 0.2) is 12.3 Å². The number of hydrogen-bond donors (Lipinski definition) is 1. The van der Waals surface area contributed by atoms with Crippen LogP contribution in [0.25, 0.3) is 0 Å². The first-order chi connectivity index (χ1) is 7.58. The second kappa shape index (κ2) is 3.88. The van der Waals surface area contributed by atoms with Gasteiger partial charge in [0.15, 0.2) is 0 Å². The van der Waals surface area contributed by atoms with E-state index in [1.165, 1.54) is 6.07 Å². The summed E-state index contributed by atoms with van der Waals surface area (Å²) in [6, 6.07) is 1.40. The fourth-order valence-electron chi connectivity index (χ4n) is 1.35. The predicted octanol–water partition coefficient (Wildman–Crippen LogP) is 1.65. The van der Waals surface area contributed by atoms with Crippen LogP contribution in [0.1, 0.15) is 18.4 Å². The Morgan fingerprint density at radius 1 is 1.62 bits per heavy atom. The summed E-state index contributed by atoms with van der Waals surface area (Å²) in [5, 5.41) is 13.1. The molecule has 84 valence electrons. The smallest absolute Gasteiger partial charge is 0.287 e. The van der Waals surface area contributed by atoms with Gasteiger partial charge in [0.1, 0.15) is 12.0 Å². The number of amides is 1. The molecule has 0 spiro atoms. The standard InChI is InChI=1S/C10H11N3O3/c1-6-4-8(13(15)16)5-11-9(6)12-10(14)7-2-3-7/h4-5,7H,2-3H2,1H3,(H,11,12,14). The van der Waals surface area contributed by atoms with Crippen molar-refractivity contribution in [2.75, 3.05) is 5.32 Å². The molecule has 2 rings (SSSR count). The molecule has 1 aromatic heterocycles. The van der Waals surface area contributed by atoms with Gasteiger partial charge in [-0.2, -0.15) is 0 Å². The van der Waals surface area contributed by atoms with Gasteiger partial charge < -0.3 is 5.32 Å².